The van der Waals surface area contributed by atoms with E-state index in [1.807, 2.05) is 4.90 Å². The second-order valence-electron chi connectivity index (χ2n) is 8.57. The molecule has 2 aliphatic rings. The van der Waals surface area contributed by atoms with Crippen LogP contribution in [0.25, 0.3) is 10.9 Å². The van der Waals surface area contributed by atoms with Gasteiger partial charge in [-0.3, -0.25) is 4.79 Å². The lowest BCUT2D eigenvalue weighted by molar-refractivity contribution is -0.132. The number of likely N-dealkylation sites (tertiary alicyclic amines) is 1. The monoisotopic (exact) mass is 376 g/mol. The third kappa shape index (κ3) is 3.36. The number of nitrogens with one attached hydrogen (secondary N) is 1. The number of hydrogen-bond donors (Lipinski definition) is 1. The van der Waals surface area contributed by atoms with Crippen molar-refractivity contribution in [3.63, 3.8) is 0 Å². The second kappa shape index (κ2) is 7.16. The summed E-state index contributed by atoms with van der Waals surface area (Å²) in [5.74, 6) is 4.21. The number of H-pyrrole nitrogens is 1. The number of rotatable bonds is 5. The molecule has 3 heterocycles. The van der Waals surface area contributed by atoms with Crippen molar-refractivity contribution in [3.05, 3.63) is 59.7 Å². The Hall–Kier alpha value is -2.49. The van der Waals surface area contributed by atoms with Crippen LogP contribution in [0.15, 0.2) is 47.0 Å². The summed E-state index contributed by atoms with van der Waals surface area (Å²) >= 11 is 0. The lowest BCUT2D eigenvalue weighted by Crippen LogP contribution is -2.38. The van der Waals surface area contributed by atoms with E-state index in [0.717, 1.165) is 43.4 Å². The van der Waals surface area contributed by atoms with Gasteiger partial charge in [-0.05, 0) is 54.9 Å². The maximum atomic E-state index is 12.7. The number of fused-ring (bicyclic) bond motifs is 1. The van der Waals surface area contributed by atoms with Gasteiger partial charge in [0.05, 0.1) is 0 Å². The summed E-state index contributed by atoms with van der Waals surface area (Å²) in [5, 5.41) is 1.32. The Kier molecular flexibility index (Phi) is 4.50. The molecular formula is C24H28N2O2. The van der Waals surface area contributed by atoms with Gasteiger partial charge in [0, 0.05) is 48.9 Å². The van der Waals surface area contributed by atoms with Gasteiger partial charge in [-0.2, -0.15) is 0 Å². The molecular weight excluding hydrogens is 348 g/mol. The van der Waals surface area contributed by atoms with Crippen LogP contribution in [0.2, 0.25) is 0 Å². The van der Waals surface area contributed by atoms with Crippen LogP contribution in [0.1, 0.15) is 61.5 Å². The smallest absolute Gasteiger partial charge is 0.223 e. The van der Waals surface area contributed by atoms with E-state index in [4.69, 9.17) is 4.42 Å². The standard InChI is InChI=1S/C24H28N2O2/c1-16-14-20(16)23-8-6-18(28-23)7-9-24(27)26-12-10-17(11-13-26)21-15-25-22-5-3-2-4-19(21)22/h2-6,8,15-17,20,25H,7,9-14H2,1H3. The molecule has 146 valence electrons. The van der Waals surface area contributed by atoms with Crippen molar-refractivity contribution < 1.29 is 9.21 Å². The lowest BCUT2D eigenvalue weighted by atomic mass is 9.89. The lowest BCUT2D eigenvalue weighted by Gasteiger charge is -2.32. The molecule has 1 saturated heterocycles. The predicted octanol–water partition coefficient (Wildman–Crippen LogP) is 5.22. The number of amides is 1. The van der Waals surface area contributed by atoms with E-state index in [1.54, 1.807) is 0 Å². The van der Waals surface area contributed by atoms with Crippen molar-refractivity contribution in [3.8, 4) is 0 Å². The topological polar surface area (TPSA) is 49.2 Å². The number of aryl methyl sites for hydroxylation is 1. The fourth-order valence-corrected chi connectivity index (χ4v) is 4.71. The third-order valence-electron chi connectivity index (χ3n) is 6.65. The summed E-state index contributed by atoms with van der Waals surface area (Å²) in [6.07, 6.45) is 6.72. The highest BCUT2D eigenvalue weighted by Gasteiger charge is 2.36. The highest BCUT2D eigenvalue weighted by Crippen LogP contribution is 2.47. The number of carbonyl (C=O) groups is 1. The molecule has 28 heavy (non-hydrogen) atoms. The van der Waals surface area contributed by atoms with E-state index in [-0.39, 0.29) is 5.91 Å². The van der Waals surface area contributed by atoms with Crippen LogP contribution in [0.4, 0.5) is 0 Å². The SMILES string of the molecule is CC1CC1c1ccc(CCC(=O)N2CCC(c3c[nH]c4ccccc34)CC2)o1. The molecule has 0 bridgehead atoms. The largest absolute Gasteiger partial charge is 0.466 e. The Bertz CT molecular complexity index is 977. The number of nitrogens with zero attached hydrogens (tertiary/aromatic N) is 1. The molecule has 1 amide bonds. The Morgan fingerprint density at radius 2 is 1.96 bits per heavy atom. The number of para-hydroxylation sites is 1. The summed E-state index contributed by atoms with van der Waals surface area (Å²) < 4.78 is 5.95. The van der Waals surface area contributed by atoms with E-state index in [1.165, 1.54) is 22.9 Å². The first kappa shape index (κ1) is 17.6. The van der Waals surface area contributed by atoms with Gasteiger partial charge in [0.1, 0.15) is 11.5 Å². The molecule has 1 N–H and O–H groups in total. The van der Waals surface area contributed by atoms with Crippen molar-refractivity contribution in [2.24, 2.45) is 5.92 Å². The minimum absolute atomic E-state index is 0.259. The van der Waals surface area contributed by atoms with Gasteiger partial charge >= 0.3 is 0 Å². The van der Waals surface area contributed by atoms with Crippen molar-refractivity contribution in [2.45, 2.75) is 50.9 Å². The molecule has 4 nitrogen and oxygen atoms in total. The number of benzene rings is 1. The molecule has 4 heteroatoms. The number of aromatic nitrogens is 1. The van der Waals surface area contributed by atoms with Crippen LogP contribution < -0.4 is 0 Å². The first-order chi connectivity index (χ1) is 13.7. The molecule has 1 saturated carbocycles. The van der Waals surface area contributed by atoms with Crippen LogP contribution >= 0.6 is 0 Å². The minimum atomic E-state index is 0.259. The Morgan fingerprint density at radius 3 is 2.75 bits per heavy atom. The third-order valence-corrected chi connectivity index (χ3v) is 6.65. The Balaban J connectivity index is 1.14. The molecule has 1 aliphatic carbocycles. The van der Waals surface area contributed by atoms with Crippen molar-refractivity contribution >= 4 is 16.8 Å². The van der Waals surface area contributed by atoms with Gasteiger partial charge in [-0.15, -0.1) is 0 Å². The highest BCUT2D eigenvalue weighted by molar-refractivity contribution is 5.83. The van der Waals surface area contributed by atoms with E-state index < -0.39 is 0 Å². The van der Waals surface area contributed by atoms with Crippen molar-refractivity contribution in [1.29, 1.82) is 0 Å². The maximum absolute atomic E-state index is 12.7. The molecule has 0 spiro atoms. The van der Waals surface area contributed by atoms with Crippen LogP contribution in [-0.2, 0) is 11.2 Å². The first-order valence-electron chi connectivity index (χ1n) is 10.6. The summed E-state index contributed by atoms with van der Waals surface area (Å²) in [7, 11) is 0. The summed E-state index contributed by atoms with van der Waals surface area (Å²) in [6, 6.07) is 12.6. The minimum Gasteiger partial charge on any atom is -0.466 e. The Labute approximate surface area is 165 Å². The van der Waals surface area contributed by atoms with Gasteiger partial charge in [0.2, 0.25) is 5.91 Å². The second-order valence-corrected chi connectivity index (χ2v) is 8.57. The molecule has 5 rings (SSSR count). The Morgan fingerprint density at radius 1 is 1.18 bits per heavy atom. The zero-order valence-corrected chi connectivity index (χ0v) is 16.5. The zero-order chi connectivity index (χ0) is 19.1. The van der Waals surface area contributed by atoms with Crippen LogP contribution in [-0.4, -0.2) is 28.9 Å². The molecule has 2 unspecified atom stereocenters. The fourth-order valence-electron chi connectivity index (χ4n) is 4.71. The normalized spacial score (nSPS) is 22.7. The quantitative estimate of drug-likeness (QED) is 0.663. The summed E-state index contributed by atoms with van der Waals surface area (Å²) in [4.78, 5) is 18.1. The number of hydrogen-bond acceptors (Lipinski definition) is 2. The number of aromatic amines is 1. The van der Waals surface area contributed by atoms with Crippen LogP contribution in [0.3, 0.4) is 0 Å². The highest BCUT2D eigenvalue weighted by atomic mass is 16.3. The van der Waals surface area contributed by atoms with Gasteiger partial charge in [-0.25, -0.2) is 0 Å². The van der Waals surface area contributed by atoms with Crippen LogP contribution in [0, 0.1) is 5.92 Å². The van der Waals surface area contributed by atoms with Crippen LogP contribution in [0.5, 0.6) is 0 Å². The molecule has 0 radical (unpaired) electrons. The number of furan rings is 1. The molecule has 2 aromatic heterocycles. The fraction of sp³-hybridized carbons (Fsp3) is 0.458. The van der Waals surface area contributed by atoms with E-state index in [2.05, 4.69) is 54.5 Å². The van der Waals surface area contributed by atoms with Gasteiger partial charge in [0.25, 0.3) is 0 Å². The molecule has 1 aromatic carbocycles. The van der Waals surface area contributed by atoms with Gasteiger partial charge in [-0.1, -0.05) is 25.1 Å². The molecule has 2 atom stereocenters. The van der Waals surface area contributed by atoms with Gasteiger partial charge < -0.3 is 14.3 Å². The van der Waals surface area contributed by atoms with Crippen molar-refractivity contribution in [1.82, 2.24) is 9.88 Å². The average Bonchev–Trinajstić information content (AvgIpc) is 3.12. The summed E-state index contributed by atoms with van der Waals surface area (Å²) in [6.45, 7) is 3.97. The predicted molar refractivity (Wildman–Crippen MR) is 110 cm³/mol. The summed E-state index contributed by atoms with van der Waals surface area (Å²) in [5.41, 5.74) is 2.61. The number of carbonyl (C=O) groups excluding carboxylic acids is 1. The van der Waals surface area contributed by atoms with E-state index >= 15 is 0 Å². The first-order valence-corrected chi connectivity index (χ1v) is 10.6. The number of piperidine rings is 1. The maximum Gasteiger partial charge on any atom is 0.223 e. The van der Waals surface area contributed by atoms with Gasteiger partial charge in [0.15, 0.2) is 0 Å². The molecule has 3 aromatic rings. The average molecular weight is 377 g/mol. The molecule has 1 aliphatic heterocycles. The van der Waals surface area contributed by atoms with Crippen molar-refractivity contribution in [2.75, 3.05) is 13.1 Å². The molecule has 2 fully saturated rings. The van der Waals surface area contributed by atoms with E-state index in [9.17, 15) is 4.79 Å². The zero-order valence-electron chi connectivity index (χ0n) is 16.5. The van der Waals surface area contributed by atoms with E-state index in [0.29, 0.717) is 24.7 Å².